The maximum absolute atomic E-state index is 14.6. The molecule has 0 fully saturated rings. The van der Waals surface area contributed by atoms with Gasteiger partial charge < -0.3 is 19.3 Å². The summed E-state index contributed by atoms with van der Waals surface area (Å²) < 4.78 is 41.8. The third-order valence-corrected chi connectivity index (χ3v) is 9.93. The smallest absolute Gasteiger partial charge is 0.264 e. The Labute approximate surface area is 296 Å². The van der Waals surface area contributed by atoms with Crippen molar-refractivity contribution in [3.05, 3.63) is 89.1 Å². The monoisotopic (exact) mass is 700 g/mol. The molecular weight excluding hydrogens is 653 g/mol. The van der Waals surface area contributed by atoms with Crippen LogP contribution in [0.4, 0.5) is 11.8 Å². The molecule has 50 heavy (non-hydrogen) atoms. The fourth-order valence-electron chi connectivity index (χ4n) is 6.26. The van der Waals surface area contributed by atoms with Crippen molar-refractivity contribution in [2.75, 3.05) is 36.5 Å². The average Bonchev–Trinajstić information content (AvgIpc) is 3.04. The van der Waals surface area contributed by atoms with Crippen LogP contribution in [0.2, 0.25) is 0 Å². The Morgan fingerprint density at radius 3 is 2.38 bits per heavy atom. The molecular formula is C38H48N6O5S. The van der Waals surface area contributed by atoms with E-state index in [1.807, 2.05) is 50.2 Å². The van der Waals surface area contributed by atoms with Gasteiger partial charge in [0.1, 0.15) is 12.4 Å². The fraction of sp³-hybridized carbons (Fsp3) is 0.421. The maximum atomic E-state index is 14.6. The van der Waals surface area contributed by atoms with Gasteiger partial charge >= 0.3 is 0 Å². The van der Waals surface area contributed by atoms with Gasteiger partial charge in [0.25, 0.3) is 15.9 Å². The number of aromatic nitrogens is 3. The predicted octanol–water partition coefficient (Wildman–Crippen LogP) is 6.66. The van der Waals surface area contributed by atoms with E-state index in [0.29, 0.717) is 31.0 Å². The molecule has 1 aliphatic heterocycles. The zero-order valence-electron chi connectivity index (χ0n) is 30.2. The van der Waals surface area contributed by atoms with Crippen LogP contribution in [0.15, 0.2) is 71.6 Å². The van der Waals surface area contributed by atoms with Crippen molar-refractivity contribution in [1.82, 2.24) is 19.9 Å². The highest BCUT2D eigenvalue weighted by Crippen LogP contribution is 2.32. The molecule has 2 aromatic heterocycles. The van der Waals surface area contributed by atoms with E-state index in [0.717, 1.165) is 22.5 Å². The highest BCUT2D eigenvalue weighted by atomic mass is 32.2. The van der Waals surface area contributed by atoms with Gasteiger partial charge in [0.05, 0.1) is 35.5 Å². The Morgan fingerprint density at radius 1 is 1.00 bits per heavy atom. The summed E-state index contributed by atoms with van der Waals surface area (Å²) in [6.45, 7) is 16.0. The minimum Gasteiger partial charge on any atom is -0.475 e. The number of fused-ring (bicyclic) bond motifs is 4. The van der Waals surface area contributed by atoms with Crippen LogP contribution < -0.4 is 14.4 Å². The zero-order chi connectivity index (χ0) is 36.2. The maximum Gasteiger partial charge on any atom is 0.264 e. The molecule has 11 nitrogen and oxygen atoms in total. The van der Waals surface area contributed by atoms with E-state index in [2.05, 4.69) is 54.2 Å². The second kappa shape index (κ2) is 15.1. The van der Waals surface area contributed by atoms with E-state index in [4.69, 9.17) is 14.5 Å². The van der Waals surface area contributed by atoms with Crippen LogP contribution in [0.25, 0.3) is 11.3 Å². The van der Waals surface area contributed by atoms with E-state index in [-0.39, 0.29) is 52.8 Å². The number of carbonyl (C=O) groups excluding carboxylic acids is 1. The van der Waals surface area contributed by atoms with E-state index >= 15 is 0 Å². The second-order valence-corrected chi connectivity index (χ2v) is 15.9. The number of hydrogen-bond donors (Lipinski definition) is 1. The first-order valence-corrected chi connectivity index (χ1v) is 18.4. The number of hydrogen-bond acceptors (Lipinski definition) is 9. The number of nitrogens with zero attached hydrogens (tertiary/aromatic N) is 5. The van der Waals surface area contributed by atoms with Crippen molar-refractivity contribution < 1.29 is 22.7 Å². The lowest BCUT2D eigenvalue weighted by molar-refractivity contribution is 0.0509. The van der Waals surface area contributed by atoms with Crippen LogP contribution in [0.5, 0.6) is 5.88 Å². The van der Waals surface area contributed by atoms with Gasteiger partial charge in [-0.2, -0.15) is 4.98 Å². The summed E-state index contributed by atoms with van der Waals surface area (Å²) in [5.74, 6) is 0.520. The van der Waals surface area contributed by atoms with Gasteiger partial charge in [-0.15, -0.1) is 0 Å². The highest BCUT2D eigenvalue weighted by molar-refractivity contribution is 7.92. The number of sulfonamides is 1. The Kier molecular flexibility index (Phi) is 11.1. The largest absolute Gasteiger partial charge is 0.475 e. The van der Waals surface area contributed by atoms with Crippen molar-refractivity contribution in [1.29, 1.82) is 0 Å². The van der Waals surface area contributed by atoms with E-state index in [9.17, 15) is 13.2 Å². The SMILES string of the molecule is COCCN(c1cccc(CN2C(=O)c3cccc(c3)S(=O)(=O)Nc3nc(cc(-c4c(C)cccc4C)n3)OC[C@H]2CC(C)(C)C)n1)C(C)C. The summed E-state index contributed by atoms with van der Waals surface area (Å²) in [7, 11) is -2.51. The molecule has 0 aliphatic carbocycles. The number of carbonyl (C=O) groups is 1. The minimum absolute atomic E-state index is 0.0793. The summed E-state index contributed by atoms with van der Waals surface area (Å²) in [5, 5.41) is 0. The van der Waals surface area contributed by atoms with Crippen LogP contribution in [0.3, 0.4) is 0 Å². The quantitative estimate of drug-likeness (QED) is 0.204. The molecule has 0 radical (unpaired) electrons. The van der Waals surface area contributed by atoms with Gasteiger partial charge in [-0.25, -0.2) is 23.1 Å². The van der Waals surface area contributed by atoms with E-state index < -0.39 is 16.1 Å². The van der Waals surface area contributed by atoms with Gasteiger partial charge in [-0.1, -0.05) is 51.1 Å². The molecule has 1 N–H and O–H groups in total. The molecule has 1 aliphatic rings. The summed E-state index contributed by atoms with van der Waals surface area (Å²) in [4.78, 5) is 32.5. The number of benzene rings is 2. The number of amides is 1. The summed E-state index contributed by atoms with van der Waals surface area (Å²) in [6.07, 6.45) is 0.586. The number of rotatable bonds is 9. The van der Waals surface area contributed by atoms with Crippen LogP contribution in [0, 0.1) is 19.3 Å². The molecule has 3 heterocycles. The topological polar surface area (TPSA) is 127 Å². The first kappa shape index (κ1) is 36.7. The van der Waals surface area contributed by atoms with E-state index in [1.165, 1.54) is 12.1 Å². The zero-order valence-corrected chi connectivity index (χ0v) is 31.0. The van der Waals surface area contributed by atoms with Gasteiger partial charge in [-0.3, -0.25) is 4.79 Å². The standard InChI is InChI=1S/C38H48N6O5S/c1-25(2)43(18-19-48-8)33-17-11-15-29(39-33)23-44-30(22-38(5,6)7)24-49-34-21-32(35-26(3)12-9-13-27(35)4)40-37(41-34)42-50(46,47)31-16-10-14-28(20-31)36(44)45/h9-17,20-21,25,30H,18-19,22-24H2,1-8H3,(H,40,41,42)/t30-/m1/s1. The molecule has 0 spiro atoms. The minimum atomic E-state index is -4.18. The Morgan fingerprint density at radius 2 is 1.70 bits per heavy atom. The molecule has 0 saturated carbocycles. The number of methoxy groups -OCH3 is 1. The lowest BCUT2D eigenvalue weighted by Gasteiger charge is -2.36. The summed E-state index contributed by atoms with van der Waals surface area (Å²) in [5.41, 5.74) is 4.06. The molecule has 0 saturated heterocycles. The van der Waals surface area contributed by atoms with Crippen molar-refractivity contribution >= 4 is 27.7 Å². The molecule has 1 atom stereocenters. The molecule has 5 rings (SSSR count). The molecule has 12 heteroatoms. The van der Waals surface area contributed by atoms with Crippen molar-refractivity contribution in [2.45, 2.75) is 78.4 Å². The Hall–Kier alpha value is -4.55. The van der Waals surface area contributed by atoms with Gasteiger partial charge in [0.2, 0.25) is 11.8 Å². The lowest BCUT2D eigenvalue weighted by atomic mass is 9.87. The van der Waals surface area contributed by atoms with Crippen LogP contribution in [-0.2, 0) is 21.3 Å². The lowest BCUT2D eigenvalue weighted by Crippen LogP contribution is -2.45. The van der Waals surface area contributed by atoms with Gasteiger partial charge in [0, 0.05) is 36.9 Å². The third-order valence-electron chi connectivity index (χ3n) is 8.61. The molecule has 266 valence electrons. The first-order chi connectivity index (χ1) is 23.6. The fourth-order valence-corrected chi connectivity index (χ4v) is 7.25. The highest BCUT2D eigenvalue weighted by Gasteiger charge is 2.32. The van der Waals surface area contributed by atoms with Gasteiger partial charge in [-0.05, 0) is 81.0 Å². The molecule has 0 unspecified atom stereocenters. The second-order valence-electron chi connectivity index (χ2n) is 14.2. The first-order valence-electron chi connectivity index (χ1n) is 16.9. The predicted molar refractivity (Wildman–Crippen MR) is 196 cm³/mol. The summed E-state index contributed by atoms with van der Waals surface area (Å²) >= 11 is 0. The van der Waals surface area contributed by atoms with Crippen molar-refractivity contribution in [3.63, 3.8) is 0 Å². The van der Waals surface area contributed by atoms with Crippen LogP contribution >= 0.6 is 0 Å². The normalized spacial score (nSPS) is 16.1. The molecule has 2 aromatic carbocycles. The number of anilines is 2. The molecule has 1 amide bonds. The van der Waals surface area contributed by atoms with E-state index in [1.54, 1.807) is 30.2 Å². The number of aryl methyl sites for hydroxylation is 2. The number of pyridine rings is 1. The number of nitrogens with one attached hydrogen (secondary N) is 1. The molecule has 4 aromatic rings. The third kappa shape index (κ3) is 8.78. The van der Waals surface area contributed by atoms with Gasteiger partial charge in [0.15, 0.2) is 0 Å². The molecule has 4 bridgehead atoms. The van der Waals surface area contributed by atoms with Crippen molar-refractivity contribution in [2.24, 2.45) is 5.41 Å². The summed E-state index contributed by atoms with van der Waals surface area (Å²) in [6, 6.07) is 19.2. The Balaban J connectivity index is 1.64. The van der Waals surface area contributed by atoms with Crippen LogP contribution in [0.1, 0.15) is 68.2 Å². The van der Waals surface area contributed by atoms with Crippen molar-refractivity contribution in [3.8, 4) is 17.1 Å². The van der Waals surface area contributed by atoms with Crippen LogP contribution in [-0.4, -0.2) is 73.1 Å². The average molecular weight is 701 g/mol. The Bertz CT molecular complexity index is 1920. The number of ether oxygens (including phenoxy) is 2.